The van der Waals surface area contributed by atoms with E-state index in [1.165, 1.54) is 0 Å². The fourth-order valence-electron chi connectivity index (χ4n) is 1.54. The summed E-state index contributed by atoms with van der Waals surface area (Å²) >= 11 is 0. The third-order valence-corrected chi connectivity index (χ3v) is 3.92. The summed E-state index contributed by atoms with van der Waals surface area (Å²) in [4.78, 5) is 11.6. The van der Waals surface area contributed by atoms with Gasteiger partial charge in [0.05, 0.1) is 0 Å². The maximum absolute atomic E-state index is 11.6. The molecule has 1 heterocycles. The fraction of sp³-hybridized carbons (Fsp3) is 0.900. The molecule has 0 unspecified atom stereocenters. The molecule has 0 aromatic heterocycles. The van der Waals surface area contributed by atoms with Gasteiger partial charge in [0, 0.05) is 0 Å². The summed E-state index contributed by atoms with van der Waals surface area (Å²) in [6.45, 7) is 12.8. The molecule has 6 heteroatoms. The normalized spacial score (nSPS) is 27.0. The SMILES string of the molecule is C[Si](C)(C)O[C@@H]1COC(=O)[C@@H]1O[Si](C)(C)C. The fourth-order valence-corrected chi connectivity index (χ4v) is 3.65. The van der Waals surface area contributed by atoms with Crippen molar-refractivity contribution in [3.05, 3.63) is 0 Å². The van der Waals surface area contributed by atoms with Gasteiger partial charge in [-0.25, -0.2) is 4.79 Å². The van der Waals surface area contributed by atoms with E-state index < -0.39 is 22.7 Å². The maximum atomic E-state index is 11.6. The molecule has 1 aliphatic heterocycles. The molecule has 2 atom stereocenters. The molecule has 0 radical (unpaired) electrons. The van der Waals surface area contributed by atoms with Crippen molar-refractivity contribution in [1.82, 2.24) is 0 Å². The first-order chi connectivity index (χ1) is 7.08. The van der Waals surface area contributed by atoms with Crippen LogP contribution < -0.4 is 0 Å². The number of hydrogen-bond donors (Lipinski definition) is 0. The van der Waals surface area contributed by atoms with Gasteiger partial charge in [0.25, 0.3) is 0 Å². The van der Waals surface area contributed by atoms with Crippen molar-refractivity contribution in [3.8, 4) is 0 Å². The highest BCUT2D eigenvalue weighted by atomic mass is 28.4. The zero-order chi connectivity index (χ0) is 12.6. The van der Waals surface area contributed by atoms with Crippen molar-refractivity contribution in [1.29, 1.82) is 0 Å². The Kier molecular flexibility index (Phi) is 3.99. The number of carbonyl (C=O) groups excluding carboxylic acids is 1. The van der Waals surface area contributed by atoms with Crippen molar-refractivity contribution in [2.75, 3.05) is 6.61 Å². The Morgan fingerprint density at radius 1 is 1.06 bits per heavy atom. The van der Waals surface area contributed by atoms with Crippen molar-refractivity contribution in [2.45, 2.75) is 51.5 Å². The average molecular weight is 262 g/mol. The largest absolute Gasteiger partial charge is 0.461 e. The minimum Gasteiger partial charge on any atom is -0.461 e. The molecule has 16 heavy (non-hydrogen) atoms. The van der Waals surface area contributed by atoms with Gasteiger partial charge in [0.1, 0.15) is 12.7 Å². The smallest absolute Gasteiger partial charge is 0.336 e. The van der Waals surface area contributed by atoms with Gasteiger partial charge in [0.15, 0.2) is 22.7 Å². The monoisotopic (exact) mass is 262 g/mol. The van der Waals surface area contributed by atoms with E-state index in [1.54, 1.807) is 0 Å². The third-order valence-electron chi connectivity index (χ3n) is 1.95. The molecule has 1 saturated heterocycles. The molecule has 0 aromatic rings. The van der Waals surface area contributed by atoms with E-state index in [9.17, 15) is 4.79 Å². The van der Waals surface area contributed by atoms with Gasteiger partial charge in [0.2, 0.25) is 0 Å². The highest BCUT2D eigenvalue weighted by Gasteiger charge is 2.43. The maximum Gasteiger partial charge on any atom is 0.336 e. The number of esters is 1. The zero-order valence-corrected chi connectivity index (χ0v) is 13.0. The lowest BCUT2D eigenvalue weighted by atomic mass is 10.3. The Labute approximate surface area is 99.5 Å². The lowest BCUT2D eigenvalue weighted by molar-refractivity contribution is -0.144. The molecule has 1 aliphatic rings. The molecule has 0 N–H and O–H groups in total. The van der Waals surface area contributed by atoms with Crippen LogP contribution in [-0.4, -0.2) is 41.4 Å². The van der Waals surface area contributed by atoms with Gasteiger partial charge < -0.3 is 13.6 Å². The molecule has 94 valence electrons. The van der Waals surface area contributed by atoms with Crippen LogP contribution in [-0.2, 0) is 18.4 Å². The topological polar surface area (TPSA) is 44.8 Å². The Hall–Kier alpha value is -0.176. The number of hydrogen-bond acceptors (Lipinski definition) is 4. The molecule has 0 amide bonds. The second-order valence-corrected chi connectivity index (χ2v) is 15.0. The minimum absolute atomic E-state index is 0.217. The van der Waals surface area contributed by atoms with Crippen LogP contribution in [0.4, 0.5) is 0 Å². The summed E-state index contributed by atoms with van der Waals surface area (Å²) < 4.78 is 16.8. The Bertz CT molecular complexity index is 267. The highest BCUT2D eigenvalue weighted by Crippen LogP contribution is 2.22. The minimum atomic E-state index is -1.75. The second-order valence-electron chi connectivity index (χ2n) is 6.05. The van der Waals surface area contributed by atoms with Crippen molar-refractivity contribution < 1.29 is 18.4 Å². The second kappa shape index (κ2) is 4.60. The van der Waals surface area contributed by atoms with Gasteiger partial charge in [-0.3, -0.25) is 0 Å². The van der Waals surface area contributed by atoms with E-state index in [1.807, 2.05) is 0 Å². The first-order valence-electron chi connectivity index (χ1n) is 5.61. The third kappa shape index (κ3) is 4.36. The molecule has 1 rings (SSSR count). The van der Waals surface area contributed by atoms with Gasteiger partial charge in [-0.15, -0.1) is 0 Å². The molecular weight excluding hydrogens is 240 g/mol. The van der Waals surface area contributed by atoms with Gasteiger partial charge in [-0.05, 0) is 39.3 Å². The lowest BCUT2D eigenvalue weighted by Crippen LogP contribution is -2.45. The zero-order valence-electron chi connectivity index (χ0n) is 11.0. The van der Waals surface area contributed by atoms with E-state index in [2.05, 4.69) is 39.3 Å². The molecule has 0 spiro atoms. The van der Waals surface area contributed by atoms with Crippen LogP contribution in [0.5, 0.6) is 0 Å². The number of ether oxygens (including phenoxy) is 1. The van der Waals surface area contributed by atoms with E-state index >= 15 is 0 Å². The Morgan fingerprint density at radius 3 is 2.00 bits per heavy atom. The molecule has 0 bridgehead atoms. The predicted octanol–water partition coefficient (Wildman–Crippen LogP) is 1.98. The van der Waals surface area contributed by atoms with Crippen molar-refractivity contribution >= 4 is 22.6 Å². The Morgan fingerprint density at radius 2 is 1.56 bits per heavy atom. The van der Waals surface area contributed by atoms with E-state index in [0.717, 1.165) is 0 Å². The summed E-state index contributed by atoms with van der Waals surface area (Å²) in [6.07, 6.45) is -0.732. The number of carbonyl (C=O) groups is 1. The lowest BCUT2D eigenvalue weighted by Gasteiger charge is -2.28. The summed E-state index contributed by atoms with van der Waals surface area (Å²) in [5, 5.41) is 0. The van der Waals surface area contributed by atoms with Crippen LogP contribution in [0, 0.1) is 0 Å². The van der Waals surface area contributed by atoms with Crippen LogP contribution in [0.1, 0.15) is 0 Å². The molecule has 4 nitrogen and oxygen atoms in total. The van der Waals surface area contributed by atoms with Crippen LogP contribution in [0.15, 0.2) is 0 Å². The Balaban J connectivity index is 2.67. The first kappa shape index (κ1) is 13.9. The summed E-state index contributed by atoms with van der Waals surface area (Å²) in [5.74, 6) is -0.273. The van der Waals surface area contributed by atoms with Crippen LogP contribution >= 0.6 is 0 Å². The van der Waals surface area contributed by atoms with Gasteiger partial charge in [-0.1, -0.05) is 0 Å². The van der Waals surface area contributed by atoms with Gasteiger partial charge in [-0.2, -0.15) is 0 Å². The molecular formula is C10H22O4Si2. The highest BCUT2D eigenvalue weighted by molar-refractivity contribution is 6.70. The molecule has 0 aliphatic carbocycles. The number of rotatable bonds is 4. The summed E-state index contributed by atoms with van der Waals surface area (Å²) in [6, 6.07) is 0. The van der Waals surface area contributed by atoms with Crippen molar-refractivity contribution in [3.63, 3.8) is 0 Å². The van der Waals surface area contributed by atoms with E-state index in [0.29, 0.717) is 6.61 Å². The molecule has 0 aromatic carbocycles. The van der Waals surface area contributed by atoms with Gasteiger partial charge >= 0.3 is 5.97 Å². The molecule has 0 saturated carbocycles. The van der Waals surface area contributed by atoms with E-state index in [4.69, 9.17) is 13.6 Å². The van der Waals surface area contributed by atoms with Crippen LogP contribution in [0.2, 0.25) is 39.3 Å². The van der Waals surface area contributed by atoms with Crippen LogP contribution in [0.3, 0.4) is 0 Å². The predicted molar refractivity (Wildman–Crippen MR) is 67.4 cm³/mol. The quantitative estimate of drug-likeness (QED) is 0.574. The summed E-state index contributed by atoms with van der Waals surface area (Å²) in [5.41, 5.74) is 0. The van der Waals surface area contributed by atoms with E-state index in [-0.39, 0.29) is 12.1 Å². The standard InChI is InChI=1S/C10H22O4Si2/c1-15(2,3)13-8-7-12-10(11)9(8)14-16(4,5)6/h8-9H,7H2,1-6H3/t8-,9-/m1/s1. The number of cyclic esters (lactones) is 1. The average Bonchev–Trinajstić information content (AvgIpc) is 2.30. The van der Waals surface area contributed by atoms with Crippen molar-refractivity contribution in [2.24, 2.45) is 0 Å². The van der Waals surface area contributed by atoms with Crippen LogP contribution in [0.25, 0.3) is 0 Å². The first-order valence-corrected chi connectivity index (χ1v) is 12.4. The molecule has 1 fully saturated rings. The summed E-state index contributed by atoms with van der Waals surface area (Å²) in [7, 11) is -3.41.